The van der Waals surface area contributed by atoms with Crippen molar-refractivity contribution in [3.63, 3.8) is 0 Å². The van der Waals surface area contributed by atoms with Crippen LogP contribution in [0.15, 0.2) is 54.6 Å². The van der Waals surface area contributed by atoms with E-state index >= 15 is 0 Å². The maximum atomic E-state index is 10.8. The minimum Gasteiger partial charge on any atom is -0.491 e. The molecule has 2 aromatic rings. The van der Waals surface area contributed by atoms with Gasteiger partial charge in [-0.1, -0.05) is 36.4 Å². The van der Waals surface area contributed by atoms with Crippen molar-refractivity contribution < 1.29 is 14.8 Å². The fourth-order valence-electron chi connectivity index (χ4n) is 2.57. The van der Waals surface area contributed by atoms with Crippen LogP contribution in [0.4, 0.5) is 5.69 Å². The number of hydrogen-bond acceptors (Lipinski definition) is 5. The van der Waals surface area contributed by atoms with Gasteiger partial charge < -0.3 is 9.84 Å². The number of rotatable bonds is 8. The minimum absolute atomic E-state index is 0.0302. The van der Waals surface area contributed by atoms with Crippen LogP contribution in [0, 0.1) is 10.1 Å². The van der Waals surface area contributed by atoms with Gasteiger partial charge in [0.2, 0.25) is 0 Å². The van der Waals surface area contributed by atoms with Gasteiger partial charge >= 0.3 is 0 Å². The Morgan fingerprint density at radius 3 is 2.46 bits per heavy atom. The molecular formula is C20H26N2O4. The second kappa shape index (κ2) is 8.78. The van der Waals surface area contributed by atoms with Crippen molar-refractivity contribution in [1.29, 1.82) is 0 Å². The predicted octanol–water partition coefficient (Wildman–Crippen LogP) is 3.64. The number of benzene rings is 2. The molecule has 0 spiro atoms. The highest BCUT2D eigenvalue weighted by Gasteiger charge is 2.24. The summed E-state index contributed by atoms with van der Waals surface area (Å²) in [6.07, 6.45) is -0.711. The molecule has 1 N–H and O–H groups in total. The normalized spacial score (nSPS) is 12.8. The van der Waals surface area contributed by atoms with Crippen LogP contribution in [0.25, 0.3) is 0 Å². The van der Waals surface area contributed by atoms with Crippen LogP contribution >= 0.6 is 0 Å². The van der Waals surface area contributed by atoms with Crippen LogP contribution in [0.1, 0.15) is 26.3 Å². The zero-order valence-corrected chi connectivity index (χ0v) is 15.5. The van der Waals surface area contributed by atoms with Gasteiger partial charge in [0.15, 0.2) is 0 Å². The topological polar surface area (TPSA) is 75.8 Å². The van der Waals surface area contributed by atoms with Gasteiger partial charge in [-0.25, -0.2) is 0 Å². The summed E-state index contributed by atoms with van der Waals surface area (Å²) >= 11 is 0. The molecule has 0 aliphatic carbocycles. The Kier molecular flexibility index (Phi) is 6.71. The summed E-state index contributed by atoms with van der Waals surface area (Å²) in [4.78, 5) is 12.5. The molecule has 26 heavy (non-hydrogen) atoms. The Morgan fingerprint density at radius 2 is 1.85 bits per heavy atom. The van der Waals surface area contributed by atoms with E-state index in [1.165, 1.54) is 17.7 Å². The first-order chi connectivity index (χ1) is 12.3. The summed E-state index contributed by atoms with van der Waals surface area (Å²) in [6.45, 7) is 7.53. The van der Waals surface area contributed by atoms with E-state index in [1.54, 1.807) is 12.1 Å². The van der Waals surface area contributed by atoms with Gasteiger partial charge in [-0.3, -0.25) is 15.0 Å². The number of aliphatic hydroxyl groups is 1. The van der Waals surface area contributed by atoms with E-state index in [0.717, 1.165) is 6.54 Å². The summed E-state index contributed by atoms with van der Waals surface area (Å²) in [5.74, 6) is 0.378. The van der Waals surface area contributed by atoms with Crippen molar-refractivity contribution in [2.75, 3.05) is 13.2 Å². The van der Waals surface area contributed by atoms with Crippen molar-refractivity contribution in [3.05, 3.63) is 70.3 Å². The Bertz CT molecular complexity index is 713. The molecule has 0 bridgehead atoms. The number of nitro benzene ring substituents is 1. The van der Waals surface area contributed by atoms with Crippen molar-refractivity contribution in [3.8, 4) is 5.75 Å². The molecule has 0 aromatic heterocycles. The molecule has 140 valence electrons. The van der Waals surface area contributed by atoms with Crippen molar-refractivity contribution in [2.45, 2.75) is 39.0 Å². The standard InChI is InChI=1S/C20H26N2O4/c1-20(2,3)21(13-16-8-5-4-6-9-16)14-18(23)15-26-19-11-7-10-17(12-19)22(24)25/h4-12,18,23H,13-15H2,1-3H3. The van der Waals surface area contributed by atoms with Crippen molar-refractivity contribution in [1.82, 2.24) is 4.90 Å². The number of hydrogen-bond donors (Lipinski definition) is 1. The second-order valence-corrected chi connectivity index (χ2v) is 7.26. The van der Waals surface area contributed by atoms with E-state index < -0.39 is 11.0 Å². The SMILES string of the molecule is CC(C)(C)N(Cc1ccccc1)CC(O)COc1cccc([N+](=O)[O-])c1. The quantitative estimate of drug-likeness (QED) is 0.576. The summed E-state index contributed by atoms with van der Waals surface area (Å²) in [5.41, 5.74) is 1.02. The van der Waals surface area contributed by atoms with E-state index in [9.17, 15) is 15.2 Å². The van der Waals surface area contributed by atoms with Gasteiger partial charge in [0.25, 0.3) is 5.69 Å². The molecule has 0 radical (unpaired) electrons. The fourth-order valence-corrected chi connectivity index (χ4v) is 2.57. The average Bonchev–Trinajstić information content (AvgIpc) is 2.60. The fraction of sp³-hybridized carbons (Fsp3) is 0.400. The lowest BCUT2D eigenvalue weighted by molar-refractivity contribution is -0.384. The number of β-amino-alcohol motifs (C(OH)–C–C–N with tert-alkyl or cyclic N) is 1. The highest BCUT2D eigenvalue weighted by Crippen LogP contribution is 2.20. The molecule has 0 saturated carbocycles. The molecule has 1 unspecified atom stereocenters. The van der Waals surface area contributed by atoms with Gasteiger partial charge in [-0.15, -0.1) is 0 Å². The summed E-state index contributed by atoms with van der Waals surface area (Å²) in [5, 5.41) is 21.2. The molecule has 6 nitrogen and oxygen atoms in total. The first-order valence-electron chi connectivity index (χ1n) is 8.60. The van der Waals surface area contributed by atoms with Crippen LogP contribution in [-0.2, 0) is 6.54 Å². The molecule has 2 rings (SSSR count). The molecule has 0 aliphatic heterocycles. The lowest BCUT2D eigenvalue weighted by Crippen LogP contribution is -2.46. The zero-order valence-electron chi connectivity index (χ0n) is 15.5. The maximum absolute atomic E-state index is 10.8. The Morgan fingerprint density at radius 1 is 1.15 bits per heavy atom. The summed E-state index contributed by atoms with van der Waals surface area (Å²) in [7, 11) is 0. The Balaban J connectivity index is 1.95. The van der Waals surface area contributed by atoms with E-state index in [4.69, 9.17) is 4.74 Å². The van der Waals surface area contributed by atoms with Crippen LogP contribution < -0.4 is 4.74 Å². The van der Waals surface area contributed by atoms with Crippen LogP contribution in [0.3, 0.4) is 0 Å². The largest absolute Gasteiger partial charge is 0.491 e. The van der Waals surface area contributed by atoms with Crippen molar-refractivity contribution in [2.24, 2.45) is 0 Å². The molecule has 0 saturated heterocycles. The van der Waals surface area contributed by atoms with Gasteiger partial charge in [0.1, 0.15) is 18.5 Å². The number of ether oxygens (including phenoxy) is 1. The van der Waals surface area contributed by atoms with Gasteiger partial charge in [0, 0.05) is 24.7 Å². The molecule has 0 heterocycles. The predicted molar refractivity (Wildman–Crippen MR) is 101 cm³/mol. The molecule has 0 fully saturated rings. The second-order valence-electron chi connectivity index (χ2n) is 7.26. The van der Waals surface area contributed by atoms with E-state index in [-0.39, 0.29) is 17.8 Å². The van der Waals surface area contributed by atoms with E-state index in [0.29, 0.717) is 12.3 Å². The third-order valence-corrected chi connectivity index (χ3v) is 4.07. The monoisotopic (exact) mass is 358 g/mol. The zero-order chi connectivity index (χ0) is 19.2. The van der Waals surface area contributed by atoms with Crippen LogP contribution in [0.5, 0.6) is 5.75 Å². The van der Waals surface area contributed by atoms with Gasteiger partial charge in [0.05, 0.1) is 11.0 Å². The maximum Gasteiger partial charge on any atom is 0.273 e. The van der Waals surface area contributed by atoms with Crippen LogP contribution in [-0.4, -0.2) is 39.7 Å². The van der Waals surface area contributed by atoms with Crippen LogP contribution in [0.2, 0.25) is 0 Å². The number of aliphatic hydroxyl groups excluding tert-OH is 1. The van der Waals surface area contributed by atoms with E-state index in [2.05, 4.69) is 37.8 Å². The molecule has 2 aromatic carbocycles. The Labute approximate surface area is 154 Å². The summed E-state index contributed by atoms with van der Waals surface area (Å²) in [6, 6.07) is 16.1. The smallest absolute Gasteiger partial charge is 0.273 e. The third-order valence-electron chi connectivity index (χ3n) is 4.07. The van der Waals surface area contributed by atoms with Gasteiger partial charge in [-0.05, 0) is 32.4 Å². The van der Waals surface area contributed by atoms with Gasteiger partial charge in [-0.2, -0.15) is 0 Å². The van der Waals surface area contributed by atoms with E-state index in [1.807, 2.05) is 18.2 Å². The first kappa shape index (κ1) is 19.9. The highest BCUT2D eigenvalue weighted by atomic mass is 16.6. The molecule has 0 amide bonds. The number of nitro groups is 1. The molecule has 0 aliphatic rings. The highest BCUT2D eigenvalue weighted by molar-refractivity contribution is 5.37. The lowest BCUT2D eigenvalue weighted by Gasteiger charge is -2.37. The van der Waals surface area contributed by atoms with Crippen molar-refractivity contribution >= 4 is 5.69 Å². The third kappa shape index (κ3) is 6.13. The average molecular weight is 358 g/mol. The number of non-ortho nitro benzene ring substituents is 1. The lowest BCUT2D eigenvalue weighted by atomic mass is 10.0. The summed E-state index contributed by atoms with van der Waals surface area (Å²) < 4.78 is 5.54. The first-order valence-corrected chi connectivity index (χ1v) is 8.60. The Hall–Kier alpha value is -2.44. The molecule has 6 heteroatoms. The minimum atomic E-state index is -0.711. The molecular weight excluding hydrogens is 332 g/mol. The molecule has 1 atom stereocenters. The number of nitrogens with zero attached hydrogens (tertiary/aromatic N) is 2.